The third kappa shape index (κ3) is 3.19. The number of nitrogens with one attached hydrogen (secondary N) is 1. The molecule has 7 heteroatoms. The average molecular weight is 274 g/mol. The van der Waals surface area contributed by atoms with Crippen LogP contribution in [0.3, 0.4) is 0 Å². The fourth-order valence-electron chi connectivity index (χ4n) is 1.90. The van der Waals surface area contributed by atoms with Crippen LogP contribution in [0, 0.1) is 10.1 Å². The maximum absolute atomic E-state index is 11.0. The quantitative estimate of drug-likeness (QED) is 0.495. The van der Waals surface area contributed by atoms with E-state index in [-0.39, 0.29) is 17.3 Å². The summed E-state index contributed by atoms with van der Waals surface area (Å²) in [6.45, 7) is 2.48. The zero-order chi connectivity index (χ0) is 14.5. The summed E-state index contributed by atoms with van der Waals surface area (Å²) in [7, 11) is 0. The molecule has 1 atom stereocenters. The molecular weight excluding hydrogens is 260 g/mol. The zero-order valence-electron chi connectivity index (χ0n) is 10.9. The number of aromatic nitrogens is 2. The summed E-state index contributed by atoms with van der Waals surface area (Å²) in [4.78, 5) is 21.2. The first-order valence-corrected chi connectivity index (χ1v) is 6.07. The van der Waals surface area contributed by atoms with Crippen LogP contribution < -0.4 is 5.32 Å². The van der Waals surface area contributed by atoms with Crippen molar-refractivity contribution in [3.63, 3.8) is 0 Å². The van der Waals surface area contributed by atoms with E-state index in [9.17, 15) is 14.9 Å². The van der Waals surface area contributed by atoms with Gasteiger partial charge in [-0.1, -0.05) is 0 Å². The number of carbonyl (C=O) groups is 1. The van der Waals surface area contributed by atoms with Gasteiger partial charge in [-0.3, -0.25) is 19.6 Å². The normalized spacial score (nSPS) is 11.8. The molecule has 0 aliphatic carbocycles. The van der Waals surface area contributed by atoms with E-state index in [4.69, 9.17) is 0 Å². The number of nitrogens with zero attached hydrogens (tertiary/aromatic N) is 3. The monoisotopic (exact) mass is 274 g/mol. The summed E-state index contributed by atoms with van der Waals surface area (Å²) in [6.07, 6.45) is 4.08. The van der Waals surface area contributed by atoms with E-state index in [0.29, 0.717) is 18.5 Å². The van der Waals surface area contributed by atoms with Crippen molar-refractivity contribution in [1.82, 2.24) is 9.78 Å². The van der Waals surface area contributed by atoms with Crippen LogP contribution >= 0.6 is 0 Å². The van der Waals surface area contributed by atoms with Gasteiger partial charge >= 0.3 is 0 Å². The predicted octanol–water partition coefficient (Wildman–Crippen LogP) is 2.10. The second kappa shape index (κ2) is 5.96. The average Bonchev–Trinajstić information content (AvgIpc) is 2.91. The molecule has 0 aliphatic rings. The van der Waals surface area contributed by atoms with Gasteiger partial charge in [0, 0.05) is 30.1 Å². The van der Waals surface area contributed by atoms with Crippen molar-refractivity contribution in [3.05, 3.63) is 52.3 Å². The van der Waals surface area contributed by atoms with Crippen molar-refractivity contribution >= 4 is 17.7 Å². The SMILES string of the molecule is CC(Cn1cccn1)Nc1ccc(C=O)cc1[N+](=O)[O-]. The summed E-state index contributed by atoms with van der Waals surface area (Å²) in [6, 6.07) is 6.12. The van der Waals surface area contributed by atoms with Crippen LogP contribution in [-0.2, 0) is 6.54 Å². The molecule has 1 heterocycles. The highest BCUT2D eigenvalue weighted by Crippen LogP contribution is 2.25. The molecule has 0 radical (unpaired) electrons. The summed E-state index contributed by atoms with van der Waals surface area (Å²) in [5, 5.41) is 18.2. The number of aldehydes is 1. The predicted molar refractivity (Wildman–Crippen MR) is 73.8 cm³/mol. The van der Waals surface area contributed by atoms with Crippen molar-refractivity contribution in [2.45, 2.75) is 19.5 Å². The molecule has 1 aromatic carbocycles. The minimum atomic E-state index is -0.504. The molecule has 7 nitrogen and oxygen atoms in total. The van der Waals surface area contributed by atoms with Crippen LogP contribution in [0.1, 0.15) is 17.3 Å². The fourth-order valence-corrected chi connectivity index (χ4v) is 1.90. The number of rotatable bonds is 6. The summed E-state index contributed by atoms with van der Waals surface area (Å²) >= 11 is 0. The molecule has 0 bridgehead atoms. The zero-order valence-corrected chi connectivity index (χ0v) is 10.9. The van der Waals surface area contributed by atoms with E-state index in [1.54, 1.807) is 23.0 Å². The minimum Gasteiger partial charge on any atom is -0.375 e. The van der Waals surface area contributed by atoms with Gasteiger partial charge in [-0.2, -0.15) is 5.10 Å². The van der Waals surface area contributed by atoms with Gasteiger partial charge in [-0.15, -0.1) is 0 Å². The van der Waals surface area contributed by atoms with E-state index < -0.39 is 4.92 Å². The molecule has 1 aromatic heterocycles. The number of nitro groups is 1. The van der Waals surface area contributed by atoms with E-state index in [2.05, 4.69) is 10.4 Å². The molecular formula is C13H14N4O3. The van der Waals surface area contributed by atoms with Gasteiger partial charge in [-0.25, -0.2) is 0 Å². The van der Waals surface area contributed by atoms with Crippen molar-refractivity contribution in [3.8, 4) is 0 Å². The lowest BCUT2D eigenvalue weighted by molar-refractivity contribution is -0.384. The molecule has 0 aliphatic heterocycles. The second-order valence-corrected chi connectivity index (χ2v) is 4.43. The van der Waals surface area contributed by atoms with E-state index in [1.807, 2.05) is 19.2 Å². The Labute approximate surface area is 115 Å². The molecule has 0 saturated heterocycles. The standard InChI is InChI=1S/C13H14N4O3/c1-10(8-16-6-2-5-14-16)15-12-4-3-11(9-18)7-13(12)17(19)20/h2-7,9-10,15H,8H2,1H3. The second-order valence-electron chi connectivity index (χ2n) is 4.43. The Kier molecular flexibility index (Phi) is 4.09. The van der Waals surface area contributed by atoms with Crippen LogP contribution in [0.25, 0.3) is 0 Å². The molecule has 2 aromatic rings. The van der Waals surface area contributed by atoms with E-state index >= 15 is 0 Å². The Morgan fingerprint density at radius 2 is 2.35 bits per heavy atom. The number of benzene rings is 1. The lowest BCUT2D eigenvalue weighted by atomic mass is 10.1. The van der Waals surface area contributed by atoms with Crippen LogP contribution in [0.5, 0.6) is 0 Å². The largest absolute Gasteiger partial charge is 0.375 e. The first-order chi connectivity index (χ1) is 9.60. The van der Waals surface area contributed by atoms with Crippen molar-refractivity contribution in [1.29, 1.82) is 0 Å². The number of hydrogen-bond acceptors (Lipinski definition) is 5. The fraction of sp³-hybridized carbons (Fsp3) is 0.231. The first kappa shape index (κ1) is 13.7. The number of nitro benzene ring substituents is 1. The molecule has 0 fully saturated rings. The molecule has 1 unspecified atom stereocenters. The highest BCUT2D eigenvalue weighted by molar-refractivity contribution is 5.79. The Morgan fingerprint density at radius 3 is 2.95 bits per heavy atom. The van der Waals surface area contributed by atoms with Gasteiger partial charge in [0.2, 0.25) is 0 Å². The topological polar surface area (TPSA) is 90.1 Å². The maximum Gasteiger partial charge on any atom is 0.293 e. The highest BCUT2D eigenvalue weighted by Gasteiger charge is 2.16. The molecule has 0 amide bonds. The van der Waals surface area contributed by atoms with Crippen molar-refractivity contribution < 1.29 is 9.72 Å². The smallest absolute Gasteiger partial charge is 0.293 e. The summed E-state index contributed by atoms with van der Waals surface area (Å²) in [5.41, 5.74) is 0.559. The molecule has 0 saturated carbocycles. The third-order valence-electron chi connectivity index (χ3n) is 2.78. The molecule has 0 spiro atoms. The van der Waals surface area contributed by atoms with Gasteiger partial charge in [-0.05, 0) is 25.1 Å². The van der Waals surface area contributed by atoms with E-state index in [0.717, 1.165) is 0 Å². The maximum atomic E-state index is 11.0. The molecule has 1 N–H and O–H groups in total. The number of anilines is 1. The summed E-state index contributed by atoms with van der Waals surface area (Å²) in [5.74, 6) is 0. The Balaban J connectivity index is 2.15. The molecule has 2 rings (SSSR count). The number of hydrogen-bond donors (Lipinski definition) is 1. The van der Waals surface area contributed by atoms with Crippen molar-refractivity contribution in [2.24, 2.45) is 0 Å². The Morgan fingerprint density at radius 1 is 1.55 bits per heavy atom. The van der Waals surface area contributed by atoms with E-state index in [1.165, 1.54) is 6.07 Å². The molecule has 20 heavy (non-hydrogen) atoms. The first-order valence-electron chi connectivity index (χ1n) is 6.07. The Bertz CT molecular complexity index is 610. The lowest BCUT2D eigenvalue weighted by Crippen LogP contribution is -2.22. The van der Waals surface area contributed by atoms with Gasteiger partial charge < -0.3 is 5.32 Å². The van der Waals surface area contributed by atoms with Gasteiger partial charge in [0.25, 0.3) is 5.69 Å². The van der Waals surface area contributed by atoms with Gasteiger partial charge in [0.15, 0.2) is 0 Å². The summed E-state index contributed by atoms with van der Waals surface area (Å²) < 4.78 is 1.74. The van der Waals surface area contributed by atoms with Crippen LogP contribution in [0.4, 0.5) is 11.4 Å². The highest BCUT2D eigenvalue weighted by atomic mass is 16.6. The van der Waals surface area contributed by atoms with Gasteiger partial charge in [0.05, 0.1) is 11.5 Å². The van der Waals surface area contributed by atoms with Crippen LogP contribution in [-0.4, -0.2) is 27.0 Å². The lowest BCUT2D eigenvalue weighted by Gasteiger charge is -2.15. The minimum absolute atomic E-state index is 0.0457. The van der Waals surface area contributed by atoms with Crippen molar-refractivity contribution in [2.75, 3.05) is 5.32 Å². The van der Waals surface area contributed by atoms with Crippen LogP contribution in [0.2, 0.25) is 0 Å². The Hall–Kier alpha value is -2.70. The van der Waals surface area contributed by atoms with Crippen LogP contribution in [0.15, 0.2) is 36.7 Å². The third-order valence-corrected chi connectivity index (χ3v) is 2.78. The molecule has 104 valence electrons. The number of carbonyl (C=O) groups excluding carboxylic acids is 1. The van der Waals surface area contributed by atoms with Gasteiger partial charge in [0.1, 0.15) is 12.0 Å².